The first-order chi connectivity index (χ1) is 10.8. The third-order valence-corrected chi connectivity index (χ3v) is 3.74. The van der Waals surface area contributed by atoms with Gasteiger partial charge < -0.3 is 15.4 Å². The fraction of sp³-hybridized carbons (Fsp3) is 0.167. The zero-order chi connectivity index (χ0) is 15.4. The molecule has 4 nitrogen and oxygen atoms in total. The van der Waals surface area contributed by atoms with Crippen molar-refractivity contribution in [2.45, 2.75) is 13.0 Å². The lowest BCUT2D eigenvalue weighted by atomic mass is 10.1. The van der Waals surface area contributed by atoms with Crippen LogP contribution in [0.25, 0.3) is 10.9 Å². The topological polar surface area (TPSA) is 65.1 Å². The van der Waals surface area contributed by atoms with E-state index >= 15 is 0 Å². The fourth-order valence-corrected chi connectivity index (χ4v) is 2.50. The summed E-state index contributed by atoms with van der Waals surface area (Å²) in [4.78, 5) is 15.4. The summed E-state index contributed by atoms with van der Waals surface area (Å²) in [5.74, 6) is -0.0694. The van der Waals surface area contributed by atoms with Crippen LogP contribution in [-0.4, -0.2) is 22.5 Å². The SMILES string of the molecule is O=C(NCCc1ccc(CO)cc1)c1cccc2cc[nH]c12. The number of nitrogens with one attached hydrogen (secondary N) is 2. The molecule has 3 aromatic rings. The third kappa shape index (κ3) is 3.02. The second kappa shape index (κ2) is 6.45. The summed E-state index contributed by atoms with van der Waals surface area (Å²) >= 11 is 0. The van der Waals surface area contributed by atoms with E-state index < -0.39 is 0 Å². The van der Waals surface area contributed by atoms with Crippen molar-refractivity contribution in [2.75, 3.05) is 6.54 Å². The van der Waals surface area contributed by atoms with Crippen molar-refractivity contribution in [3.8, 4) is 0 Å². The monoisotopic (exact) mass is 294 g/mol. The first-order valence-corrected chi connectivity index (χ1v) is 7.31. The molecule has 1 aromatic heterocycles. The number of rotatable bonds is 5. The normalized spacial score (nSPS) is 10.8. The minimum absolute atomic E-state index is 0.0527. The van der Waals surface area contributed by atoms with Gasteiger partial charge in [0.25, 0.3) is 5.91 Å². The van der Waals surface area contributed by atoms with Crippen LogP contribution in [0.1, 0.15) is 21.5 Å². The van der Waals surface area contributed by atoms with Gasteiger partial charge in [-0.1, -0.05) is 36.4 Å². The Balaban J connectivity index is 1.61. The Kier molecular flexibility index (Phi) is 4.21. The maximum Gasteiger partial charge on any atom is 0.253 e. The van der Waals surface area contributed by atoms with E-state index in [1.807, 2.05) is 54.7 Å². The number of hydrogen-bond donors (Lipinski definition) is 3. The number of amides is 1. The molecule has 3 N–H and O–H groups in total. The van der Waals surface area contributed by atoms with Gasteiger partial charge in [0.05, 0.1) is 17.7 Å². The molecule has 0 saturated heterocycles. The zero-order valence-electron chi connectivity index (χ0n) is 12.2. The molecule has 4 heteroatoms. The molecule has 0 aliphatic rings. The molecule has 0 radical (unpaired) electrons. The molecule has 2 aromatic carbocycles. The van der Waals surface area contributed by atoms with Gasteiger partial charge in [-0.15, -0.1) is 0 Å². The van der Waals surface area contributed by atoms with Crippen LogP contribution in [0.4, 0.5) is 0 Å². The number of H-pyrrole nitrogens is 1. The highest BCUT2D eigenvalue weighted by atomic mass is 16.3. The van der Waals surface area contributed by atoms with Gasteiger partial charge in [0.15, 0.2) is 0 Å². The Bertz CT molecular complexity index is 775. The van der Waals surface area contributed by atoms with Gasteiger partial charge in [0.2, 0.25) is 0 Å². The van der Waals surface area contributed by atoms with Gasteiger partial charge in [0.1, 0.15) is 0 Å². The molecule has 0 saturated carbocycles. The quantitative estimate of drug-likeness (QED) is 0.677. The number of aliphatic hydroxyl groups excluding tert-OH is 1. The fourth-order valence-electron chi connectivity index (χ4n) is 2.50. The molecule has 0 unspecified atom stereocenters. The minimum Gasteiger partial charge on any atom is -0.392 e. The Labute approximate surface area is 128 Å². The number of carbonyl (C=O) groups is 1. The van der Waals surface area contributed by atoms with Crippen LogP contribution in [0.5, 0.6) is 0 Å². The van der Waals surface area contributed by atoms with Crippen molar-refractivity contribution < 1.29 is 9.90 Å². The molecule has 0 bridgehead atoms. The van der Waals surface area contributed by atoms with Crippen molar-refractivity contribution in [1.29, 1.82) is 0 Å². The first-order valence-electron chi connectivity index (χ1n) is 7.31. The molecular weight excluding hydrogens is 276 g/mol. The minimum atomic E-state index is -0.0694. The van der Waals surface area contributed by atoms with Crippen LogP contribution in [0, 0.1) is 0 Å². The number of aromatic amines is 1. The smallest absolute Gasteiger partial charge is 0.253 e. The second-order valence-electron chi connectivity index (χ2n) is 5.23. The number of aromatic nitrogens is 1. The Morgan fingerprint density at radius 3 is 2.59 bits per heavy atom. The van der Waals surface area contributed by atoms with E-state index in [2.05, 4.69) is 10.3 Å². The lowest BCUT2D eigenvalue weighted by molar-refractivity contribution is 0.0955. The highest BCUT2D eigenvalue weighted by molar-refractivity contribution is 6.05. The zero-order valence-corrected chi connectivity index (χ0v) is 12.2. The number of fused-ring (bicyclic) bond motifs is 1. The lowest BCUT2D eigenvalue weighted by Gasteiger charge is -2.07. The summed E-state index contributed by atoms with van der Waals surface area (Å²) in [6.07, 6.45) is 2.60. The lowest BCUT2D eigenvalue weighted by Crippen LogP contribution is -2.25. The van der Waals surface area contributed by atoms with Crippen molar-refractivity contribution >= 4 is 16.8 Å². The van der Waals surface area contributed by atoms with Gasteiger partial charge >= 0.3 is 0 Å². The van der Waals surface area contributed by atoms with Crippen molar-refractivity contribution in [3.05, 3.63) is 71.4 Å². The van der Waals surface area contributed by atoms with E-state index in [1.54, 1.807) is 0 Å². The summed E-state index contributed by atoms with van der Waals surface area (Å²) in [5.41, 5.74) is 3.56. The molecule has 112 valence electrons. The maximum absolute atomic E-state index is 12.3. The average molecular weight is 294 g/mol. The molecule has 0 atom stereocenters. The highest BCUT2D eigenvalue weighted by Crippen LogP contribution is 2.16. The second-order valence-corrected chi connectivity index (χ2v) is 5.23. The van der Waals surface area contributed by atoms with Crippen molar-refractivity contribution in [3.63, 3.8) is 0 Å². The summed E-state index contributed by atoms with van der Waals surface area (Å²) in [6.45, 7) is 0.631. The van der Waals surface area contributed by atoms with E-state index in [0.717, 1.165) is 28.5 Å². The standard InChI is InChI=1S/C18H18N2O2/c21-12-14-6-4-13(5-7-14)8-10-20-18(22)16-3-1-2-15-9-11-19-17(15)16/h1-7,9,11,19,21H,8,10,12H2,(H,20,22). The summed E-state index contributed by atoms with van der Waals surface area (Å²) in [6, 6.07) is 15.4. The Morgan fingerprint density at radius 2 is 1.82 bits per heavy atom. The van der Waals surface area contributed by atoms with E-state index in [0.29, 0.717) is 12.1 Å². The highest BCUT2D eigenvalue weighted by Gasteiger charge is 2.09. The van der Waals surface area contributed by atoms with Gasteiger partial charge in [-0.25, -0.2) is 0 Å². The van der Waals surface area contributed by atoms with E-state index in [1.165, 1.54) is 0 Å². The molecule has 1 amide bonds. The van der Waals surface area contributed by atoms with E-state index in [4.69, 9.17) is 5.11 Å². The molecule has 3 rings (SSSR count). The van der Waals surface area contributed by atoms with Crippen molar-refractivity contribution in [1.82, 2.24) is 10.3 Å². The number of carbonyl (C=O) groups excluding carboxylic acids is 1. The average Bonchev–Trinajstić information content (AvgIpc) is 3.04. The molecular formula is C18H18N2O2. The number of para-hydroxylation sites is 1. The van der Waals surface area contributed by atoms with Crippen LogP contribution in [0.15, 0.2) is 54.7 Å². The number of benzene rings is 2. The largest absolute Gasteiger partial charge is 0.392 e. The van der Waals surface area contributed by atoms with E-state index in [9.17, 15) is 4.79 Å². The van der Waals surface area contributed by atoms with Crippen LogP contribution in [-0.2, 0) is 13.0 Å². The predicted molar refractivity (Wildman–Crippen MR) is 86.7 cm³/mol. The van der Waals surface area contributed by atoms with Gasteiger partial charge in [-0.3, -0.25) is 4.79 Å². The molecule has 1 heterocycles. The van der Waals surface area contributed by atoms with Crippen LogP contribution in [0.3, 0.4) is 0 Å². The Morgan fingerprint density at radius 1 is 1.05 bits per heavy atom. The van der Waals surface area contributed by atoms with Crippen LogP contribution in [0.2, 0.25) is 0 Å². The van der Waals surface area contributed by atoms with Gasteiger partial charge in [-0.2, -0.15) is 0 Å². The van der Waals surface area contributed by atoms with Gasteiger partial charge in [0, 0.05) is 18.1 Å². The maximum atomic E-state index is 12.3. The predicted octanol–water partition coefficient (Wildman–Crippen LogP) is 2.63. The Hall–Kier alpha value is -2.59. The summed E-state index contributed by atoms with van der Waals surface area (Å²) < 4.78 is 0. The van der Waals surface area contributed by atoms with Crippen molar-refractivity contribution in [2.24, 2.45) is 0 Å². The molecule has 0 aliphatic carbocycles. The molecule has 0 spiro atoms. The number of hydrogen-bond acceptors (Lipinski definition) is 2. The first kappa shape index (κ1) is 14.4. The van der Waals surface area contributed by atoms with Crippen LogP contribution < -0.4 is 5.32 Å². The van der Waals surface area contributed by atoms with Gasteiger partial charge in [-0.05, 0) is 29.7 Å². The van der Waals surface area contributed by atoms with Crippen LogP contribution >= 0.6 is 0 Å². The third-order valence-electron chi connectivity index (χ3n) is 3.74. The van der Waals surface area contributed by atoms with E-state index in [-0.39, 0.29) is 12.5 Å². The summed E-state index contributed by atoms with van der Waals surface area (Å²) in [7, 11) is 0. The summed E-state index contributed by atoms with van der Waals surface area (Å²) in [5, 5.41) is 13.0. The molecule has 0 fully saturated rings. The molecule has 0 aliphatic heterocycles. The number of aliphatic hydroxyl groups is 1. The molecule has 22 heavy (non-hydrogen) atoms.